The number of ether oxygens (including phenoxy) is 2. The Labute approximate surface area is 234 Å². The number of nitrogens with one attached hydrogen (secondary N) is 3. The van der Waals surface area contributed by atoms with E-state index in [0.717, 1.165) is 45.6 Å². The number of methoxy groups -OCH3 is 1. The molecule has 0 amide bonds. The van der Waals surface area contributed by atoms with Gasteiger partial charge in [0.1, 0.15) is 23.3 Å². The lowest BCUT2D eigenvalue weighted by molar-refractivity contribution is 0.00610. The number of aromatic amines is 1. The fourth-order valence-electron chi connectivity index (χ4n) is 5.21. The summed E-state index contributed by atoms with van der Waals surface area (Å²) in [5.74, 6) is 1.18. The molecule has 2 saturated heterocycles. The van der Waals surface area contributed by atoms with Gasteiger partial charge in [-0.15, -0.1) is 0 Å². The van der Waals surface area contributed by atoms with Crippen LogP contribution in [-0.2, 0) is 14.8 Å². The first kappa shape index (κ1) is 28.1. The summed E-state index contributed by atoms with van der Waals surface area (Å²) in [5.41, 5.74) is 1.49. The van der Waals surface area contributed by atoms with E-state index in [9.17, 15) is 13.7 Å². The van der Waals surface area contributed by atoms with Crippen LogP contribution in [-0.4, -0.2) is 91.2 Å². The first-order valence-corrected chi connectivity index (χ1v) is 15.1. The number of sulfonamides is 1. The molecule has 2 fully saturated rings. The second kappa shape index (κ2) is 12.0. The number of anilines is 3. The maximum absolute atomic E-state index is 13.5. The number of nitrogens with zero attached hydrogens (tertiary/aromatic N) is 5. The van der Waals surface area contributed by atoms with Crippen LogP contribution in [0.4, 0.5) is 17.5 Å². The molecule has 1 atom stereocenters. The summed E-state index contributed by atoms with van der Waals surface area (Å²) in [4.78, 5) is 14.8. The van der Waals surface area contributed by atoms with Gasteiger partial charge < -0.3 is 25.1 Å². The molecule has 0 bridgehead atoms. The van der Waals surface area contributed by atoms with E-state index < -0.39 is 10.0 Å². The van der Waals surface area contributed by atoms with Gasteiger partial charge in [0.05, 0.1) is 41.9 Å². The molecule has 13 heteroatoms. The first-order valence-electron chi connectivity index (χ1n) is 13.7. The Morgan fingerprint density at radius 3 is 2.65 bits per heavy atom. The molecule has 4 heterocycles. The number of H-pyrrole nitrogens is 1. The fourth-order valence-corrected chi connectivity index (χ4v) is 6.70. The fraction of sp³-hybridized carbons (Fsp3) is 0.519. The Morgan fingerprint density at radius 1 is 1.23 bits per heavy atom. The van der Waals surface area contributed by atoms with Crippen molar-refractivity contribution in [3.63, 3.8) is 0 Å². The third-order valence-corrected chi connectivity index (χ3v) is 9.58. The molecule has 0 aliphatic carbocycles. The lowest BCUT2D eigenvalue weighted by atomic mass is 10.0. The molecule has 0 radical (unpaired) electrons. The SMILES string of the molecule is CCC(C)Nc1nc(Nc2ccc(S(=O)(=O)N3CCC(N4CCOCC4)CC3)cc2OC)nc2[nH]cc(C#N)c12. The van der Waals surface area contributed by atoms with E-state index in [1.807, 2.05) is 6.92 Å². The number of aromatic nitrogens is 3. The van der Waals surface area contributed by atoms with E-state index in [4.69, 9.17) is 9.47 Å². The van der Waals surface area contributed by atoms with Crippen molar-refractivity contribution in [1.29, 1.82) is 5.26 Å². The lowest BCUT2D eigenvalue weighted by Crippen LogP contribution is -2.50. The average molecular weight is 569 g/mol. The molecule has 214 valence electrons. The zero-order valence-corrected chi connectivity index (χ0v) is 23.9. The van der Waals surface area contributed by atoms with Gasteiger partial charge in [-0.05, 0) is 38.3 Å². The van der Waals surface area contributed by atoms with Crippen molar-refractivity contribution >= 4 is 38.5 Å². The summed E-state index contributed by atoms with van der Waals surface area (Å²) in [6, 6.07) is 7.47. The van der Waals surface area contributed by atoms with Gasteiger partial charge in [-0.2, -0.15) is 19.5 Å². The molecule has 1 aromatic carbocycles. The highest BCUT2D eigenvalue weighted by Crippen LogP contribution is 2.33. The Morgan fingerprint density at radius 2 is 1.98 bits per heavy atom. The Hall–Kier alpha value is -3.44. The van der Waals surface area contributed by atoms with Gasteiger partial charge in [0.2, 0.25) is 16.0 Å². The number of piperidine rings is 1. The number of morpholine rings is 1. The number of hydrogen-bond acceptors (Lipinski definition) is 10. The van der Waals surface area contributed by atoms with Gasteiger partial charge in [0, 0.05) is 50.5 Å². The van der Waals surface area contributed by atoms with Crippen molar-refractivity contribution in [3.05, 3.63) is 30.0 Å². The summed E-state index contributed by atoms with van der Waals surface area (Å²) in [7, 11) is -2.19. The highest BCUT2D eigenvalue weighted by atomic mass is 32.2. The van der Waals surface area contributed by atoms with E-state index >= 15 is 0 Å². The van der Waals surface area contributed by atoms with Crippen LogP contribution in [0.5, 0.6) is 5.75 Å². The summed E-state index contributed by atoms with van der Waals surface area (Å²) < 4.78 is 39.6. The molecule has 2 aromatic heterocycles. The van der Waals surface area contributed by atoms with E-state index in [0.29, 0.717) is 53.0 Å². The summed E-state index contributed by atoms with van der Waals surface area (Å²) >= 11 is 0. The first-order chi connectivity index (χ1) is 19.3. The molecular weight excluding hydrogens is 532 g/mol. The molecule has 0 saturated carbocycles. The van der Waals surface area contributed by atoms with Crippen LogP contribution >= 0.6 is 0 Å². The topological polar surface area (TPSA) is 148 Å². The third-order valence-electron chi connectivity index (χ3n) is 7.69. The number of nitriles is 1. The summed E-state index contributed by atoms with van der Waals surface area (Å²) in [6.45, 7) is 8.33. The molecule has 0 spiro atoms. The summed E-state index contributed by atoms with van der Waals surface area (Å²) in [5, 5.41) is 16.7. The standard InChI is InChI=1S/C27H36N8O4S/c1-4-18(2)30-26-24-19(16-28)17-29-25(24)32-27(33-26)31-22-6-5-21(15-23(22)38-3)40(36,37)35-9-7-20(8-10-35)34-11-13-39-14-12-34/h5-6,15,17-18,20H,4,7-14H2,1-3H3,(H3,29,30,31,32,33). The zero-order chi connectivity index (χ0) is 28.3. The minimum Gasteiger partial charge on any atom is -0.495 e. The monoisotopic (exact) mass is 568 g/mol. The van der Waals surface area contributed by atoms with Gasteiger partial charge in [0.25, 0.3) is 0 Å². The molecular formula is C27H36N8O4S. The maximum Gasteiger partial charge on any atom is 0.243 e. The zero-order valence-electron chi connectivity index (χ0n) is 23.1. The van der Waals surface area contributed by atoms with E-state index in [1.165, 1.54) is 13.2 Å². The Bertz CT molecular complexity index is 1490. The Balaban J connectivity index is 1.35. The Kier molecular flexibility index (Phi) is 8.41. The van der Waals surface area contributed by atoms with Crippen molar-refractivity contribution in [3.8, 4) is 11.8 Å². The normalized spacial score (nSPS) is 18.4. The van der Waals surface area contributed by atoms with Gasteiger partial charge in [-0.3, -0.25) is 4.90 Å². The van der Waals surface area contributed by atoms with Crippen molar-refractivity contribution < 1.29 is 17.9 Å². The maximum atomic E-state index is 13.5. The van der Waals surface area contributed by atoms with Crippen LogP contribution in [0.2, 0.25) is 0 Å². The largest absolute Gasteiger partial charge is 0.495 e. The lowest BCUT2D eigenvalue weighted by Gasteiger charge is -2.39. The van der Waals surface area contributed by atoms with E-state index in [1.54, 1.807) is 22.6 Å². The second-order valence-corrected chi connectivity index (χ2v) is 12.1. The summed E-state index contributed by atoms with van der Waals surface area (Å²) in [6.07, 6.45) is 4.08. The van der Waals surface area contributed by atoms with Crippen molar-refractivity contribution in [1.82, 2.24) is 24.2 Å². The van der Waals surface area contributed by atoms with Gasteiger partial charge >= 0.3 is 0 Å². The molecule has 12 nitrogen and oxygen atoms in total. The van der Waals surface area contributed by atoms with Gasteiger partial charge in [0.15, 0.2) is 0 Å². The molecule has 5 rings (SSSR count). The predicted octanol–water partition coefficient (Wildman–Crippen LogP) is 3.28. The predicted molar refractivity (Wildman–Crippen MR) is 152 cm³/mol. The van der Waals surface area contributed by atoms with E-state index in [2.05, 4.69) is 43.5 Å². The van der Waals surface area contributed by atoms with Crippen molar-refractivity contribution in [2.24, 2.45) is 0 Å². The van der Waals surface area contributed by atoms with Crippen LogP contribution in [0.1, 0.15) is 38.7 Å². The van der Waals surface area contributed by atoms with Crippen molar-refractivity contribution in [2.75, 3.05) is 57.1 Å². The van der Waals surface area contributed by atoms with Gasteiger partial charge in [-0.25, -0.2) is 8.42 Å². The van der Waals surface area contributed by atoms with E-state index in [-0.39, 0.29) is 16.9 Å². The smallest absolute Gasteiger partial charge is 0.243 e. The number of fused-ring (bicyclic) bond motifs is 1. The quantitative estimate of drug-likeness (QED) is 0.351. The highest BCUT2D eigenvalue weighted by molar-refractivity contribution is 7.89. The number of hydrogen-bond donors (Lipinski definition) is 3. The molecule has 2 aliphatic heterocycles. The van der Waals surface area contributed by atoms with Crippen molar-refractivity contribution in [2.45, 2.75) is 50.1 Å². The van der Waals surface area contributed by atoms with Crippen LogP contribution in [0.15, 0.2) is 29.3 Å². The minimum absolute atomic E-state index is 0.130. The van der Waals surface area contributed by atoms with Gasteiger partial charge in [-0.1, -0.05) is 6.92 Å². The number of rotatable bonds is 9. The highest BCUT2D eigenvalue weighted by Gasteiger charge is 2.32. The average Bonchev–Trinajstić information content (AvgIpc) is 3.41. The number of benzene rings is 1. The minimum atomic E-state index is -3.69. The molecule has 1 unspecified atom stereocenters. The van der Waals surface area contributed by atoms with Crippen LogP contribution < -0.4 is 15.4 Å². The van der Waals surface area contributed by atoms with Crippen LogP contribution in [0, 0.1) is 11.3 Å². The van der Waals surface area contributed by atoms with Crippen LogP contribution in [0.25, 0.3) is 11.0 Å². The molecule has 3 N–H and O–H groups in total. The molecule has 40 heavy (non-hydrogen) atoms. The second-order valence-electron chi connectivity index (χ2n) is 10.2. The molecule has 2 aliphatic rings. The third kappa shape index (κ3) is 5.71. The van der Waals surface area contributed by atoms with Crippen LogP contribution in [0.3, 0.4) is 0 Å². The molecule has 3 aromatic rings.